The van der Waals surface area contributed by atoms with E-state index >= 15 is 0 Å². The molecule has 0 fully saturated rings. The van der Waals surface area contributed by atoms with Gasteiger partial charge in [-0.3, -0.25) is 0 Å². The van der Waals surface area contributed by atoms with Crippen molar-refractivity contribution in [3.63, 3.8) is 0 Å². The highest BCUT2D eigenvalue weighted by molar-refractivity contribution is 5.30. The predicted molar refractivity (Wildman–Crippen MR) is 51.8 cm³/mol. The van der Waals surface area contributed by atoms with E-state index in [9.17, 15) is 4.39 Å². The van der Waals surface area contributed by atoms with Gasteiger partial charge in [-0.25, -0.2) is 4.39 Å². The summed E-state index contributed by atoms with van der Waals surface area (Å²) in [4.78, 5) is 0. The van der Waals surface area contributed by atoms with E-state index in [1.54, 1.807) is 36.4 Å². The maximum atomic E-state index is 12.6. The molecule has 0 spiro atoms. The molecule has 0 unspecified atom stereocenters. The third kappa shape index (κ3) is 2.10. The minimum atomic E-state index is -0.265. The Morgan fingerprint density at radius 2 is 1.43 bits per heavy atom. The average Bonchev–Trinajstić information content (AvgIpc) is 2.23. The molecule has 14 heavy (non-hydrogen) atoms. The number of halogens is 1. The van der Waals surface area contributed by atoms with Crippen LogP contribution in [0.25, 0.3) is 0 Å². The summed E-state index contributed by atoms with van der Waals surface area (Å²) in [6, 6.07) is 15.9. The lowest BCUT2D eigenvalue weighted by molar-refractivity contribution is 0.480. The van der Waals surface area contributed by atoms with E-state index in [4.69, 9.17) is 4.74 Å². The van der Waals surface area contributed by atoms with Crippen LogP contribution in [0.2, 0.25) is 0 Å². The molecule has 0 bridgehead atoms. The van der Waals surface area contributed by atoms with Crippen molar-refractivity contribution in [2.75, 3.05) is 0 Å². The number of benzene rings is 2. The van der Waals surface area contributed by atoms with E-state index in [1.165, 1.54) is 12.1 Å². The second kappa shape index (κ2) is 3.92. The molecule has 0 aliphatic heterocycles. The highest BCUT2D eigenvalue weighted by atomic mass is 19.1. The summed E-state index contributed by atoms with van der Waals surface area (Å²) in [5.74, 6) is 1.08. The standard InChI is InChI=1S/C12H8FO/c13-10-6-8-12(9-7-10)14-11-4-2-1-3-5-11/h2-9H. The fourth-order valence-corrected chi connectivity index (χ4v) is 1.08. The molecule has 0 aliphatic carbocycles. The first-order valence-electron chi connectivity index (χ1n) is 4.24. The van der Waals surface area contributed by atoms with Crippen LogP contribution >= 0.6 is 0 Å². The van der Waals surface area contributed by atoms with Crippen molar-refractivity contribution < 1.29 is 9.13 Å². The van der Waals surface area contributed by atoms with Crippen LogP contribution in [0.3, 0.4) is 0 Å². The molecule has 0 amide bonds. The Hall–Kier alpha value is -1.83. The van der Waals surface area contributed by atoms with Crippen molar-refractivity contribution in [2.45, 2.75) is 0 Å². The van der Waals surface area contributed by atoms with Gasteiger partial charge in [0.05, 0.1) is 0 Å². The Balaban J connectivity index is 2.16. The maximum absolute atomic E-state index is 12.6. The topological polar surface area (TPSA) is 9.23 Å². The molecule has 1 radical (unpaired) electrons. The first-order chi connectivity index (χ1) is 6.84. The number of hydrogen-bond donors (Lipinski definition) is 0. The van der Waals surface area contributed by atoms with Crippen molar-refractivity contribution >= 4 is 0 Å². The maximum Gasteiger partial charge on any atom is 0.127 e. The van der Waals surface area contributed by atoms with Crippen LogP contribution in [-0.4, -0.2) is 0 Å². The number of rotatable bonds is 2. The molecule has 0 N–H and O–H groups in total. The van der Waals surface area contributed by atoms with Gasteiger partial charge in [-0.2, -0.15) is 0 Å². The summed E-state index contributed by atoms with van der Waals surface area (Å²) in [7, 11) is 0. The first kappa shape index (κ1) is 8.75. The van der Waals surface area contributed by atoms with Crippen LogP contribution in [0, 0.1) is 11.9 Å². The first-order valence-corrected chi connectivity index (χ1v) is 4.24. The third-order valence-corrected chi connectivity index (χ3v) is 1.74. The molecule has 2 aromatic carbocycles. The van der Waals surface area contributed by atoms with Crippen LogP contribution in [0.15, 0.2) is 48.5 Å². The number of ether oxygens (including phenoxy) is 1. The molecule has 0 aromatic heterocycles. The summed E-state index contributed by atoms with van der Waals surface area (Å²) < 4.78 is 18.0. The Bertz CT molecular complexity index is 394. The average molecular weight is 187 g/mol. The minimum absolute atomic E-state index is 0.265. The van der Waals surface area contributed by atoms with Crippen LogP contribution in [0.5, 0.6) is 11.5 Å². The molecule has 2 rings (SSSR count). The second-order valence-electron chi connectivity index (χ2n) is 2.79. The zero-order valence-electron chi connectivity index (χ0n) is 7.41. The summed E-state index contributed by atoms with van der Waals surface area (Å²) >= 11 is 0. The smallest absolute Gasteiger partial charge is 0.127 e. The molecule has 2 aromatic rings. The monoisotopic (exact) mass is 187 g/mol. The van der Waals surface area contributed by atoms with Crippen molar-refractivity contribution in [3.05, 3.63) is 60.4 Å². The highest BCUT2D eigenvalue weighted by Crippen LogP contribution is 2.20. The molecule has 69 valence electrons. The van der Waals surface area contributed by atoms with Gasteiger partial charge in [-0.15, -0.1) is 0 Å². The van der Waals surface area contributed by atoms with E-state index in [1.807, 2.05) is 0 Å². The summed E-state index contributed by atoms with van der Waals surface area (Å²) in [6.45, 7) is 0. The van der Waals surface area contributed by atoms with Gasteiger partial charge >= 0.3 is 0 Å². The quantitative estimate of drug-likeness (QED) is 0.700. The minimum Gasteiger partial charge on any atom is -0.457 e. The van der Waals surface area contributed by atoms with Crippen LogP contribution in [0.4, 0.5) is 4.39 Å². The van der Waals surface area contributed by atoms with Gasteiger partial charge in [-0.1, -0.05) is 12.1 Å². The lowest BCUT2D eigenvalue weighted by Crippen LogP contribution is -1.83. The van der Waals surface area contributed by atoms with Gasteiger partial charge in [0.2, 0.25) is 0 Å². The van der Waals surface area contributed by atoms with E-state index in [0.717, 1.165) is 5.75 Å². The zero-order valence-corrected chi connectivity index (χ0v) is 7.41. The molecule has 0 heterocycles. The molecule has 0 aliphatic rings. The Morgan fingerprint density at radius 3 is 2.07 bits per heavy atom. The summed E-state index contributed by atoms with van der Waals surface area (Å²) in [5, 5.41) is 0. The lowest BCUT2D eigenvalue weighted by Gasteiger charge is -2.04. The molecule has 2 heteroatoms. The largest absolute Gasteiger partial charge is 0.457 e. The van der Waals surface area contributed by atoms with Gasteiger partial charge in [0.25, 0.3) is 0 Å². The van der Waals surface area contributed by atoms with Crippen molar-refractivity contribution in [1.82, 2.24) is 0 Å². The number of hydrogen-bond acceptors (Lipinski definition) is 1. The van der Waals surface area contributed by atoms with E-state index in [-0.39, 0.29) is 5.82 Å². The predicted octanol–water partition coefficient (Wildman–Crippen LogP) is 3.42. The van der Waals surface area contributed by atoms with Gasteiger partial charge in [0.15, 0.2) is 0 Å². The second-order valence-corrected chi connectivity index (χ2v) is 2.79. The highest BCUT2D eigenvalue weighted by Gasteiger charge is 1.95. The van der Waals surface area contributed by atoms with Gasteiger partial charge in [0, 0.05) is 0 Å². The fourth-order valence-electron chi connectivity index (χ4n) is 1.08. The molecular weight excluding hydrogens is 179 g/mol. The molecule has 0 atom stereocenters. The van der Waals surface area contributed by atoms with Crippen LogP contribution < -0.4 is 4.74 Å². The van der Waals surface area contributed by atoms with Crippen molar-refractivity contribution in [1.29, 1.82) is 0 Å². The van der Waals surface area contributed by atoms with Crippen molar-refractivity contribution in [3.8, 4) is 11.5 Å². The molecule has 1 nitrogen and oxygen atoms in total. The van der Waals surface area contributed by atoms with E-state index in [2.05, 4.69) is 6.07 Å². The zero-order chi connectivity index (χ0) is 9.80. The Kier molecular flexibility index (Phi) is 2.45. The van der Waals surface area contributed by atoms with Crippen LogP contribution in [-0.2, 0) is 0 Å². The molecule has 0 saturated carbocycles. The SMILES string of the molecule is Fc1ccc(Oc2cc[c]cc2)cc1. The van der Waals surface area contributed by atoms with Crippen molar-refractivity contribution in [2.24, 2.45) is 0 Å². The lowest BCUT2D eigenvalue weighted by atomic mass is 10.3. The van der Waals surface area contributed by atoms with E-state index in [0.29, 0.717) is 5.75 Å². The Labute approximate surface area is 81.8 Å². The van der Waals surface area contributed by atoms with Crippen LogP contribution in [0.1, 0.15) is 0 Å². The fraction of sp³-hybridized carbons (Fsp3) is 0. The van der Waals surface area contributed by atoms with Gasteiger partial charge < -0.3 is 4.74 Å². The Morgan fingerprint density at radius 1 is 0.857 bits per heavy atom. The summed E-state index contributed by atoms with van der Waals surface area (Å²) in [5.41, 5.74) is 0. The third-order valence-electron chi connectivity index (χ3n) is 1.74. The van der Waals surface area contributed by atoms with Gasteiger partial charge in [0.1, 0.15) is 17.3 Å². The molecular formula is C12H8FO. The normalized spacial score (nSPS) is 9.79. The summed E-state index contributed by atoms with van der Waals surface area (Å²) in [6.07, 6.45) is 0. The van der Waals surface area contributed by atoms with E-state index < -0.39 is 0 Å². The van der Waals surface area contributed by atoms with Gasteiger partial charge in [-0.05, 0) is 42.5 Å². The molecule has 0 saturated heterocycles.